The largest absolute Gasteiger partial charge is 0.497 e. The van der Waals surface area contributed by atoms with Crippen molar-refractivity contribution in [2.24, 2.45) is 5.92 Å². The van der Waals surface area contributed by atoms with Gasteiger partial charge in [-0.2, -0.15) is 0 Å². The minimum Gasteiger partial charge on any atom is -0.497 e. The van der Waals surface area contributed by atoms with E-state index in [4.69, 9.17) is 9.47 Å². The summed E-state index contributed by atoms with van der Waals surface area (Å²) in [6, 6.07) is 15.6. The number of amides is 2. The highest BCUT2D eigenvalue weighted by Crippen LogP contribution is 2.40. The van der Waals surface area contributed by atoms with Gasteiger partial charge in [0.15, 0.2) is 0 Å². The standard InChI is InChI=1S/C28H37N3O4/c1-4-6-15-31-26(32)20-23(27(31)21-11-13-22(34-3)14-12-21)28(33)30-18-16-29(17-19-30)24-9-7-8-10-25(24)35-5-2/h7-14,23,27H,4-6,15-20H2,1-3H3. The van der Waals surface area contributed by atoms with Crippen molar-refractivity contribution in [2.45, 2.75) is 39.2 Å². The van der Waals surface area contributed by atoms with E-state index in [0.717, 1.165) is 48.7 Å². The summed E-state index contributed by atoms with van der Waals surface area (Å²) in [7, 11) is 1.64. The third-order valence-electron chi connectivity index (χ3n) is 7.06. The van der Waals surface area contributed by atoms with Crippen molar-refractivity contribution in [3.05, 3.63) is 54.1 Å². The van der Waals surface area contributed by atoms with Crippen LogP contribution in [-0.2, 0) is 9.59 Å². The summed E-state index contributed by atoms with van der Waals surface area (Å²) < 4.78 is 11.1. The van der Waals surface area contributed by atoms with Crippen LogP contribution in [0.3, 0.4) is 0 Å². The van der Waals surface area contributed by atoms with Crippen molar-refractivity contribution in [2.75, 3.05) is 51.3 Å². The fourth-order valence-electron chi connectivity index (χ4n) is 5.22. The van der Waals surface area contributed by atoms with Gasteiger partial charge in [0, 0.05) is 39.1 Å². The van der Waals surface area contributed by atoms with E-state index in [0.29, 0.717) is 26.2 Å². The SMILES string of the molecule is CCCCN1C(=O)CC(C(=O)N2CCN(c3ccccc3OCC)CC2)C1c1ccc(OC)cc1. The Kier molecular flexibility index (Phi) is 8.16. The van der Waals surface area contributed by atoms with E-state index in [-0.39, 0.29) is 30.2 Å². The van der Waals surface area contributed by atoms with Gasteiger partial charge >= 0.3 is 0 Å². The second-order valence-electron chi connectivity index (χ2n) is 9.18. The lowest BCUT2D eigenvalue weighted by Gasteiger charge is -2.38. The van der Waals surface area contributed by atoms with Gasteiger partial charge in [-0.15, -0.1) is 0 Å². The summed E-state index contributed by atoms with van der Waals surface area (Å²) in [5.41, 5.74) is 2.06. The van der Waals surface area contributed by atoms with Crippen molar-refractivity contribution in [1.29, 1.82) is 0 Å². The zero-order valence-corrected chi connectivity index (χ0v) is 21.1. The number of unbranched alkanes of at least 4 members (excludes halogenated alkanes) is 1. The van der Waals surface area contributed by atoms with Gasteiger partial charge in [0.05, 0.1) is 31.4 Å². The number of anilines is 1. The number of carbonyl (C=O) groups is 2. The first-order chi connectivity index (χ1) is 17.1. The molecule has 7 nitrogen and oxygen atoms in total. The second-order valence-corrected chi connectivity index (χ2v) is 9.18. The van der Waals surface area contributed by atoms with Crippen LogP contribution >= 0.6 is 0 Å². The van der Waals surface area contributed by atoms with Gasteiger partial charge in [-0.05, 0) is 43.2 Å². The predicted molar refractivity (Wildman–Crippen MR) is 137 cm³/mol. The molecule has 2 aliphatic rings. The summed E-state index contributed by atoms with van der Waals surface area (Å²) in [6.45, 7) is 8.15. The Bertz CT molecular complexity index is 1000. The molecular weight excluding hydrogens is 442 g/mol. The third kappa shape index (κ3) is 5.39. The number of carbonyl (C=O) groups excluding carboxylic acids is 2. The quantitative estimate of drug-likeness (QED) is 0.541. The lowest BCUT2D eigenvalue weighted by molar-refractivity contribution is -0.136. The molecule has 7 heteroatoms. The normalized spacial score (nSPS) is 20.3. The summed E-state index contributed by atoms with van der Waals surface area (Å²) in [5, 5.41) is 0. The smallest absolute Gasteiger partial charge is 0.228 e. The van der Waals surface area contributed by atoms with Crippen molar-refractivity contribution >= 4 is 17.5 Å². The van der Waals surface area contributed by atoms with Gasteiger partial charge in [0.1, 0.15) is 11.5 Å². The molecule has 0 spiro atoms. The van der Waals surface area contributed by atoms with Crippen LogP contribution in [0.15, 0.2) is 48.5 Å². The van der Waals surface area contributed by atoms with Crippen LogP contribution in [0.2, 0.25) is 0 Å². The van der Waals surface area contributed by atoms with Gasteiger partial charge in [-0.25, -0.2) is 0 Å². The highest BCUT2D eigenvalue weighted by Gasteiger charge is 2.45. The maximum absolute atomic E-state index is 13.8. The van der Waals surface area contributed by atoms with Crippen LogP contribution in [0, 0.1) is 5.92 Å². The first kappa shape index (κ1) is 24.9. The molecule has 2 unspecified atom stereocenters. The molecule has 0 aliphatic carbocycles. The summed E-state index contributed by atoms with van der Waals surface area (Å²) in [5.74, 6) is 1.43. The minimum atomic E-state index is -0.366. The van der Waals surface area contributed by atoms with Crippen molar-refractivity contribution in [3.63, 3.8) is 0 Å². The Morgan fingerprint density at radius 1 is 1.00 bits per heavy atom. The summed E-state index contributed by atoms with van der Waals surface area (Å²) in [6.07, 6.45) is 2.20. The molecule has 2 atom stereocenters. The first-order valence-electron chi connectivity index (χ1n) is 12.8. The van der Waals surface area contributed by atoms with E-state index in [1.54, 1.807) is 7.11 Å². The number of methoxy groups -OCH3 is 1. The molecule has 2 heterocycles. The van der Waals surface area contributed by atoms with Crippen LogP contribution in [0.1, 0.15) is 44.7 Å². The number of ether oxygens (including phenoxy) is 2. The van der Waals surface area contributed by atoms with Gasteiger partial charge in [-0.1, -0.05) is 37.6 Å². The second kappa shape index (κ2) is 11.5. The molecular formula is C28H37N3O4. The molecule has 2 saturated heterocycles. The van der Waals surface area contributed by atoms with E-state index >= 15 is 0 Å². The van der Waals surface area contributed by atoms with Crippen molar-refractivity contribution in [1.82, 2.24) is 9.80 Å². The number of rotatable bonds is 9. The van der Waals surface area contributed by atoms with Gasteiger partial charge in [0.2, 0.25) is 11.8 Å². The third-order valence-corrected chi connectivity index (χ3v) is 7.06. The molecule has 0 saturated carbocycles. The minimum absolute atomic E-state index is 0.0712. The fraction of sp³-hybridized carbons (Fsp3) is 0.500. The van der Waals surface area contributed by atoms with Crippen LogP contribution in [0.4, 0.5) is 5.69 Å². The molecule has 0 aromatic heterocycles. The van der Waals surface area contributed by atoms with E-state index in [2.05, 4.69) is 17.9 Å². The highest BCUT2D eigenvalue weighted by molar-refractivity contribution is 5.90. The molecule has 2 aromatic rings. The summed E-state index contributed by atoms with van der Waals surface area (Å²) >= 11 is 0. The van der Waals surface area contributed by atoms with Crippen LogP contribution < -0.4 is 14.4 Å². The molecule has 188 valence electrons. The molecule has 0 N–H and O–H groups in total. The predicted octanol–water partition coefficient (Wildman–Crippen LogP) is 4.13. The van der Waals surface area contributed by atoms with Crippen molar-refractivity contribution < 1.29 is 19.1 Å². The topological polar surface area (TPSA) is 62.3 Å². The Morgan fingerprint density at radius 3 is 2.37 bits per heavy atom. The Hall–Kier alpha value is -3.22. The maximum atomic E-state index is 13.8. The molecule has 2 amide bonds. The number of hydrogen-bond donors (Lipinski definition) is 0. The average molecular weight is 480 g/mol. The Balaban J connectivity index is 1.50. The first-order valence-corrected chi connectivity index (χ1v) is 12.8. The number of nitrogens with zero attached hydrogens (tertiary/aromatic N) is 3. The molecule has 0 radical (unpaired) electrons. The number of benzene rings is 2. The Morgan fingerprint density at radius 2 is 1.71 bits per heavy atom. The monoisotopic (exact) mass is 479 g/mol. The van der Waals surface area contributed by atoms with E-state index in [9.17, 15) is 9.59 Å². The van der Waals surface area contributed by atoms with E-state index < -0.39 is 0 Å². The fourth-order valence-corrected chi connectivity index (χ4v) is 5.22. The zero-order chi connectivity index (χ0) is 24.8. The maximum Gasteiger partial charge on any atom is 0.228 e. The molecule has 2 aliphatic heterocycles. The lowest BCUT2D eigenvalue weighted by atomic mass is 9.91. The van der Waals surface area contributed by atoms with Crippen LogP contribution in [0.5, 0.6) is 11.5 Å². The van der Waals surface area contributed by atoms with Gasteiger partial charge in [0.25, 0.3) is 0 Å². The van der Waals surface area contributed by atoms with E-state index in [1.807, 2.05) is 59.2 Å². The van der Waals surface area contributed by atoms with Gasteiger partial charge in [-0.3, -0.25) is 9.59 Å². The lowest BCUT2D eigenvalue weighted by Crippen LogP contribution is -2.51. The number of piperazine rings is 1. The number of likely N-dealkylation sites (tertiary alicyclic amines) is 1. The Labute approximate surface area is 208 Å². The molecule has 2 fully saturated rings. The van der Waals surface area contributed by atoms with Crippen LogP contribution in [-0.4, -0.2) is 68.1 Å². The van der Waals surface area contributed by atoms with Crippen LogP contribution in [0.25, 0.3) is 0 Å². The zero-order valence-electron chi connectivity index (χ0n) is 21.1. The molecule has 0 bridgehead atoms. The van der Waals surface area contributed by atoms with Gasteiger partial charge < -0.3 is 24.2 Å². The molecule has 2 aromatic carbocycles. The number of para-hydroxylation sites is 2. The van der Waals surface area contributed by atoms with E-state index in [1.165, 1.54) is 0 Å². The number of hydrogen-bond acceptors (Lipinski definition) is 5. The molecule has 35 heavy (non-hydrogen) atoms. The highest BCUT2D eigenvalue weighted by atomic mass is 16.5. The van der Waals surface area contributed by atoms with Crippen molar-refractivity contribution in [3.8, 4) is 11.5 Å². The molecule has 4 rings (SSSR count). The summed E-state index contributed by atoms with van der Waals surface area (Å²) in [4.78, 5) is 32.9. The average Bonchev–Trinajstić information content (AvgIpc) is 3.23.